The molecule has 0 aliphatic heterocycles. The topological polar surface area (TPSA) is 60.2 Å². The van der Waals surface area contributed by atoms with Crippen LogP contribution in [0.5, 0.6) is 0 Å². The van der Waals surface area contributed by atoms with Gasteiger partial charge in [0.05, 0.1) is 4.92 Å². The molecule has 1 aliphatic rings. The third-order valence-corrected chi connectivity index (χ3v) is 5.76. The summed E-state index contributed by atoms with van der Waals surface area (Å²) in [5.74, 6) is 1.56. The first kappa shape index (κ1) is 19.3. The average Bonchev–Trinajstić information content (AvgIpc) is 2.69. The van der Waals surface area contributed by atoms with E-state index in [2.05, 4.69) is 19.1 Å². The van der Waals surface area contributed by atoms with Gasteiger partial charge in [-0.1, -0.05) is 56.2 Å². The molecule has 1 fully saturated rings. The van der Waals surface area contributed by atoms with Gasteiger partial charge in [0.1, 0.15) is 0 Å². The lowest BCUT2D eigenvalue weighted by atomic mass is 9.77. The Balaban J connectivity index is 1.58. The third-order valence-electron chi connectivity index (χ3n) is 5.76. The number of nitrogens with zero attached hydrogens (tertiary/aromatic N) is 1. The number of benzene rings is 2. The maximum atomic E-state index is 12.5. The lowest BCUT2D eigenvalue weighted by Gasteiger charge is -2.28. The van der Waals surface area contributed by atoms with Crippen molar-refractivity contribution in [3.8, 4) is 0 Å². The number of nitro groups is 1. The molecule has 0 heterocycles. The molecule has 2 aromatic rings. The van der Waals surface area contributed by atoms with Crippen molar-refractivity contribution in [3.05, 3.63) is 75.3 Å². The molecule has 0 amide bonds. The van der Waals surface area contributed by atoms with Crippen LogP contribution < -0.4 is 0 Å². The molecule has 0 atom stereocenters. The minimum Gasteiger partial charge on any atom is -0.294 e. The fourth-order valence-electron chi connectivity index (χ4n) is 4.16. The highest BCUT2D eigenvalue weighted by Crippen LogP contribution is 2.37. The molecule has 4 heteroatoms. The Kier molecular flexibility index (Phi) is 6.38. The fourth-order valence-corrected chi connectivity index (χ4v) is 4.16. The minimum absolute atomic E-state index is 0.0436. The predicted molar refractivity (Wildman–Crippen MR) is 107 cm³/mol. The standard InChI is InChI=1S/C23H27NO3/c1-2-3-17-4-8-19(9-5-17)20-10-12-21(13-11-20)23(25)16-18-6-14-22(15-7-18)24(26)27/h6-7,10-15,17,19H,2-5,8-9,16H2,1H3. The Morgan fingerprint density at radius 3 is 2.19 bits per heavy atom. The van der Waals surface area contributed by atoms with Crippen LogP contribution >= 0.6 is 0 Å². The van der Waals surface area contributed by atoms with Crippen LogP contribution in [0, 0.1) is 16.0 Å². The van der Waals surface area contributed by atoms with Crippen molar-refractivity contribution in [2.75, 3.05) is 0 Å². The largest absolute Gasteiger partial charge is 0.294 e. The summed E-state index contributed by atoms with van der Waals surface area (Å²) in [5, 5.41) is 10.7. The highest BCUT2D eigenvalue weighted by Gasteiger charge is 2.22. The smallest absolute Gasteiger partial charge is 0.269 e. The van der Waals surface area contributed by atoms with E-state index in [4.69, 9.17) is 0 Å². The Morgan fingerprint density at radius 2 is 1.63 bits per heavy atom. The number of ketones is 1. The SMILES string of the molecule is CCCC1CCC(c2ccc(C(=O)Cc3ccc([N+](=O)[O-])cc3)cc2)CC1. The van der Waals surface area contributed by atoms with Crippen molar-refractivity contribution in [2.24, 2.45) is 5.92 Å². The van der Waals surface area contributed by atoms with E-state index in [1.165, 1.54) is 56.2 Å². The van der Waals surface area contributed by atoms with E-state index in [0.29, 0.717) is 11.5 Å². The molecule has 27 heavy (non-hydrogen) atoms. The second-order valence-electron chi connectivity index (χ2n) is 7.65. The summed E-state index contributed by atoms with van der Waals surface area (Å²) in [5.41, 5.74) is 2.89. The van der Waals surface area contributed by atoms with Crippen molar-refractivity contribution in [2.45, 2.75) is 57.8 Å². The molecular formula is C23H27NO3. The molecule has 1 aliphatic carbocycles. The summed E-state index contributed by atoms with van der Waals surface area (Å²) < 4.78 is 0. The first-order valence-electron chi connectivity index (χ1n) is 9.93. The molecule has 0 saturated heterocycles. The van der Waals surface area contributed by atoms with Crippen molar-refractivity contribution < 1.29 is 9.72 Å². The maximum absolute atomic E-state index is 12.5. The Bertz CT molecular complexity index is 772. The molecule has 0 radical (unpaired) electrons. The molecule has 4 nitrogen and oxygen atoms in total. The zero-order valence-corrected chi connectivity index (χ0v) is 15.9. The lowest BCUT2D eigenvalue weighted by molar-refractivity contribution is -0.384. The molecule has 2 aromatic carbocycles. The van der Waals surface area contributed by atoms with Gasteiger partial charge in [-0.05, 0) is 48.6 Å². The van der Waals surface area contributed by atoms with Crippen LogP contribution in [0.4, 0.5) is 5.69 Å². The summed E-state index contributed by atoms with van der Waals surface area (Å²) in [4.78, 5) is 22.8. The molecule has 1 saturated carbocycles. The second-order valence-corrected chi connectivity index (χ2v) is 7.65. The number of hydrogen-bond donors (Lipinski definition) is 0. The van der Waals surface area contributed by atoms with Crippen LogP contribution in [0.1, 0.15) is 72.9 Å². The van der Waals surface area contributed by atoms with E-state index in [-0.39, 0.29) is 17.9 Å². The summed E-state index contributed by atoms with van der Waals surface area (Å²) in [6.07, 6.45) is 8.03. The molecule has 0 N–H and O–H groups in total. The highest BCUT2D eigenvalue weighted by atomic mass is 16.6. The predicted octanol–water partition coefficient (Wildman–Crippen LogP) is 6.09. The molecule has 0 bridgehead atoms. The first-order chi connectivity index (χ1) is 13.1. The summed E-state index contributed by atoms with van der Waals surface area (Å²) in [6, 6.07) is 14.3. The molecule has 0 aromatic heterocycles. The maximum Gasteiger partial charge on any atom is 0.269 e. The molecule has 3 rings (SSSR count). The van der Waals surface area contributed by atoms with E-state index in [1.54, 1.807) is 12.1 Å². The lowest BCUT2D eigenvalue weighted by Crippen LogP contribution is -2.13. The number of nitro benzene ring substituents is 1. The number of rotatable bonds is 7. The van der Waals surface area contributed by atoms with Crippen LogP contribution in [0.3, 0.4) is 0 Å². The van der Waals surface area contributed by atoms with Crippen LogP contribution in [0.2, 0.25) is 0 Å². The number of carbonyl (C=O) groups excluding carboxylic acids is 1. The number of hydrogen-bond acceptors (Lipinski definition) is 3. The number of carbonyl (C=O) groups is 1. The van der Waals surface area contributed by atoms with Gasteiger partial charge in [-0.3, -0.25) is 14.9 Å². The van der Waals surface area contributed by atoms with Gasteiger partial charge in [-0.15, -0.1) is 0 Å². The second kappa shape index (κ2) is 8.94. The summed E-state index contributed by atoms with van der Waals surface area (Å²) >= 11 is 0. The van der Waals surface area contributed by atoms with Crippen LogP contribution in [0.15, 0.2) is 48.5 Å². The summed E-state index contributed by atoms with van der Waals surface area (Å²) in [6.45, 7) is 2.26. The average molecular weight is 365 g/mol. The van der Waals surface area contributed by atoms with Crippen LogP contribution in [-0.4, -0.2) is 10.7 Å². The normalized spacial score (nSPS) is 19.6. The van der Waals surface area contributed by atoms with Gasteiger partial charge in [0.2, 0.25) is 0 Å². The zero-order chi connectivity index (χ0) is 19.2. The number of non-ortho nitro benzene ring substituents is 1. The van der Waals surface area contributed by atoms with Gasteiger partial charge < -0.3 is 0 Å². The van der Waals surface area contributed by atoms with E-state index >= 15 is 0 Å². The number of Topliss-reactive ketones (excluding diaryl/α,β-unsaturated/α-hetero) is 1. The quantitative estimate of drug-likeness (QED) is 0.339. The molecule has 0 unspecified atom stereocenters. The fraction of sp³-hybridized carbons (Fsp3) is 0.435. The van der Waals surface area contributed by atoms with E-state index < -0.39 is 4.92 Å². The Morgan fingerprint density at radius 1 is 1.00 bits per heavy atom. The zero-order valence-electron chi connectivity index (χ0n) is 15.9. The molecule has 142 valence electrons. The van der Waals surface area contributed by atoms with E-state index in [1.807, 2.05) is 12.1 Å². The first-order valence-corrected chi connectivity index (χ1v) is 9.93. The summed E-state index contributed by atoms with van der Waals surface area (Å²) in [7, 11) is 0. The van der Waals surface area contributed by atoms with Crippen molar-refractivity contribution in [1.82, 2.24) is 0 Å². The van der Waals surface area contributed by atoms with E-state index in [9.17, 15) is 14.9 Å². The minimum atomic E-state index is -0.431. The van der Waals surface area contributed by atoms with Gasteiger partial charge in [-0.25, -0.2) is 0 Å². The van der Waals surface area contributed by atoms with Crippen LogP contribution in [0.25, 0.3) is 0 Å². The van der Waals surface area contributed by atoms with Gasteiger partial charge in [0.15, 0.2) is 5.78 Å². The van der Waals surface area contributed by atoms with Crippen LogP contribution in [-0.2, 0) is 6.42 Å². The van der Waals surface area contributed by atoms with Gasteiger partial charge in [0, 0.05) is 24.1 Å². The third kappa shape index (κ3) is 5.03. The Hall–Kier alpha value is -2.49. The van der Waals surface area contributed by atoms with Crippen molar-refractivity contribution in [1.29, 1.82) is 0 Å². The monoisotopic (exact) mass is 365 g/mol. The Labute approximate surface area is 160 Å². The van der Waals surface area contributed by atoms with Gasteiger partial charge >= 0.3 is 0 Å². The molecular weight excluding hydrogens is 338 g/mol. The van der Waals surface area contributed by atoms with Gasteiger partial charge in [-0.2, -0.15) is 0 Å². The van der Waals surface area contributed by atoms with Gasteiger partial charge in [0.25, 0.3) is 5.69 Å². The van der Waals surface area contributed by atoms with Crippen molar-refractivity contribution in [3.63, 3.8) is 0 Å². The molecule has 0 spiro atoms. The highest BCUT2D eigenvalue weighted by molar-refractivity contribution is 5.97. The van der Waals surface area contributed by atoms with Crippen molar-refractivity contribution >= 4 is 11.5 Å². The van der Waals surface area contributed by atoms with E-state index in [0.717, 1.165) is 11.5 Å².